The highest BCUT2D eigenvalue weighted by atomic mass is 28.2. The molecule has 8 heavy (non-hydrogen) atoms. The SMILES string of the molecule is C[Si]CCOC(C)=O. The molecule has 46 valence electrons. The van der Waals surface area contributed by atoms with E-state index in [0.29, 0.717) is 6.61 Å². The topological polar surface area (TPSA) is 26.3 Å². The smallest absolute Gasteiger partial charge is 0.302 e. The van der Waals surface area contributed by atoms with Gasteiger partial charge < -0.3 is 4.74 Å². The molecule has 0 spiro atoms. The number of hydrogen-bond donors (Lipinski definition) is 0. The predicted molar refractivity (Wildman–Crippen MR) is 33.1 cm³/mol. The van der Waals surface area contributed by atoms with Crippen LogP contribution in [0.1, 0.15) is 6.92 Å². The molecule has 0 aliphatic heterocycles. The lowest BCUT2D eigenvalue weighted by atomic mass is 10.8. The van der Waals surface area contributed by atoms with E-state index in [9.17, 15) is 4.79 Å². The van der Waals surface area contributed by atoms with E-state index < -0.39 is 0 Å². The van der Waals surface area contributed by atoms with Crippen LogP contribution in [0.25, 0.3) is 0 Å². The van der Waals surface area contributed by atoms with Gasteiger partial charge in [-0.2, -0.15) is 0 Å². The average Bonchev–Trinajstić information content (AvgIpc) is 1.66. The summed E-state index contributed by atoms with van der Waals surface area (Å²) in [7, 11) is 0.880. The normalized spacial score (nSPS) is 8.75. The molecule has 0 N–H and O–H groups in total. The van der Waals surface area contributed by atoms with Crippen LogP contribution in [0.15, 0.2) is 0 Å². The Kier molecular flexibility index (Phi) is 4.65. The molecule has 2 radical (unpaired) electrons. The second kappa shape index (κ2) is 4.84. The first-order valence-electron chi connectivity index (χ1n) is 2.55. The van der Waals surface area contributed by atoms with Crippen molar-refractivity contribution < 1.29 is 9.53 Å². The van der Waals surface area contributed by atoms with Crippen molar-refractivity contribution in [3.05, 3.63) is 0 Å². The van der Waals surface area contributed by atoms with Gasteiger partial charge in [0.25, 0.3) is 0 Å². The van der Waals surface area contributed by atoms with Crippen LogP contribution in [0, 0.1) is 0 Å². The summed E-state index contributed by atoms with van der Waals surface area (Å²) < 4.78 is 4.65. The molecule has 0 unspecified atom stereocenters. The molecule has 0 aromatic heterocycles. The monoisotopic (exact) mass is 130 g/mol. The summed E-state index contributed by atoms with van der Waals surface area (Å²) >= 11 is 0. The maximum Gasteiger partial charge on any atom is 0.302 e. The van der Waals surface area contributed by atoms with Crippen LogP contribution in [-0.4, -0.2) is 22.1 Å². The third-order valence-corrected chi connectivity index (χ3v) is 1.36. The maximum absolute atomic E-state index is 10.1. The molecular weight excluding hydrogens is 120 g/mol. The fourth-order valence-corrected chi connectivity index (χ4v) is 0.603. The van der Waals surface area contributed by atoms with Gasteiger partial charge in [-0.25, -0.2) is 0 Å². The lowest BCUT2D eigenvalue weighted by Gasteiger charge is -1.95. The standard InChI is InChI=1S/C5H10O2Si/c1-5(6)7-3-4-8-2/h3-4H2,1-2H3. The molecule has 0 aliphatic carbocycles. The summed E-state index contributed by atoms with van der Waals surface area (Å²) in [5.41, 5.74) is 0. The van der Waals surface area contributed by atoms with Gasteiger partial charge >= 0.3 is 5.97 Å². The Labute approximate surface area is 52.0 Å². The lowest BCUT2D eigenvalue weighted by Crippen LogP contribution is -2.01. The maximum atomic E-state index is 10.1. The summed E-state index contributed by atoms with van der Waals surface area (Å²) in [6.45, 7) is 4.10. The van der Waals surface area contributed by atoms with Gasteiger partial charge in [0.2, 0.25) is 0 Å². The van der Waals surface area contributed by atoms with E-state index in [1.54, 1.807) is 0 Å². The van der Waals surface area contributed by atoms with Crippen LogP contribution in [-0.2, 0) is 9.53 Å². The molecule has 0 aliphatic rings. The van der Waals surface area contributed by atoms with Gasteiger partial charge in [0, 0.05) is 16.4 Å². The molecule has 0 bridgehead atoms. The quantitative estimate of drug-likeness (QED) is 0.320. The number of esters is 1. The van der Waals surface area contributed by atoms with Crippen molar-refractivity contribution in [2.75, 3.05) is 6.61 Å². The van der Waals surface area contributed by atoms with Crippen LogP contribution in [0.2, 0.25) is 12.6 Å². The molecule has 0 aromatic carbocycles. The summed E-state index contributed by atoms with van der Waals surface area (Å²) in [6.07, 6.45) is 0. The Morgan fingerprint density at radius 2 is 2.38 bits per heavy atom. The fourth-order valence-electron chi connectivity index (χ4n) is 0.297. The molecule has 0 atom stereocenters. The first-order valence-corrected chi connectivity index (χ1v) is 4.26. The highest BCUT2D eigenvalue weighted by molar-refractivity contribution is 6.33. The fraction of sp³-hybridized carbons (Fsp3) is 0.800. The van der Waals surface area contributed by atoms with E-state index in [1.165, 1.54) is 6.92 Å². The van der Waals surface area contributed by atoms with Crippen molar-refractivity contribution in [3.8, 4) is 0 Å². The molecule has 0 fully saturated rings. The zero-order valence-corrected chi connectivity index (χ0v) is 6.23. The van der Waals surface area contributed by atoms with E-state index in [2.05, 4.69) is 11.3 Å². The second-order valence-corrected chi connectivity index (χ2v) is 2.65. The Hall–Kier alpha value is -0.313. The number of rotatable bonds is 3. The number of hydrogen-bond acceptors (Lipinski definition) is 2. The van der Waals surface area contributed by atoms with Gasteiger partial charge in [0.1, 0.15) is 0 Å². The Balaban J connectivity index is 2.82. The number of ether oxygens (including phenoxy) is 1. The third-order valence-electron chi connectivity index (χ3n) is 0.657. The number of carbonyl (C=O) groups excluding carboxylic acids is 1. The van der Waals surface area contributed by atoms with Crippen LogP contribution in [0.5, 0.6) is 0 Å². The van der Waals surface area contributed by atoms with Crippen molar-refractivity contribution in [2.45, 2.75) is 19.5 Å². The van der Waals surface area contributed by atoms with Gasteiger partial charge in [-0.1, -0.05) is 6.55 Å². The van der Waals surface area contributed by atoms with Crippen LogP contribution < -0.4 is 0 Å². The number of carbonyl (C=O) groups is 1. The minimum absolute atomic E-state index is 0.178. The van der Waals surface area contributed by atoms with Gasteiger partial charge in [0.05, 0.1) is 6.61 Å². The summed E-state index contributed by atoms with van der Waals surface area (Å²) in [4.78, 5) is 10.1. The molecule has 0 rings (SSSR count). The first-order chi connectivity index (χ1) is 3.77. The van der Waals surface area contributed by atoms with E-state index in [1.807, 2.05) is 0 Å². The van der Waals surface area contributed by atoms with Gasteiger partial charge in [0.15, 0.2) is 0 Å². The van der Waals surface area contributed by atoms with Crippen LogP contribution in [0.3, 0.4) is 0 Å². The lowest BCUT2D eigenvalue weighted by molar-refractivity contribution is -0.140. The van der Waals surface area contributed by atoms with E-state index >= 15 is 0 Å². The second-order valence-electron chi connectivity index (χ2n) is 1.44. The Morgan fingerprint density at radius 3 is 2.75 bits per heavy atom. The molecule has 0 saturated heterocycles. The van der Waals surface area contributed by atoms with Crippen molar-refractivity contribution in [2.24, 2.45) is 0 Å². The molecular formula is C5H10O2Si. The van der Waals surface area contributed by atoms with Gasteiger partial charge in [-0.05, 0) is 6.04 Å². The predicted octanol–water partition coefficient (Wildman–Crippen LogP) is 0.720. The third kappa shape index (κ3) is 5.69. The van der Waals surface area contributed by atoms with Crippen molar-refractivity contribution in [3.63, 3.8) is 0 Å². The zero-order chi connectivity index (χ0) is 6.41. The van der Waals surface area contributed by atoms with E-state index in [0.717, 1.165) is 15.6 Å². The first kappa shape index (κ1) is 7.69. The molecule has 2 nitrogen and oxygen atoms in total. The molecule has 0 amide bonds. The summed E-state index contributed by atoms with van der Waals surface area (Å²) in [6, 6.07) is 1.000. The zero-order valence-electron chi connectivity index (χ0n) is 5.23. The average molecular weight is 130 g/mol. The summed E-state index contributed by atoms with van der Waals surface area (Å²) in [5, 5.41) is 0. The van der Waals surface area contributed by atoms with E-state index in [-0.39, 0.29) is 5.97 Å². The largest absolute Gasteiger partial charge is 0.466 e. The van der Waals surface area contributed by atoms with Gasteiger partial charge in [-0.15, -0.1) is 0 Å². The van der Waals surface area contributed by atoms with Gasteiger partial charge in [-0.3, -0.25) is 4.79 Å². The highest BCUT2D eigenvalue weighted by Crippen LogP contribution is 1.81. The van der Waals surface area contributed by atoms with Crippen LogP contribution in [0.4, 0.5) is 0 Å². The molecule has 0 heterocycles. The molecule has 0 saturated carbocycles. The van der Waals surface area contributed by atoms with Crippen LogP contribution >= 0.6 is 0 Å². The highest BCUT2D eigenvalue weighted by Gasteiger charge is 1.88. The van der Waals surface area contributed by atoms with Crippen molar-refractivity contribution in [1.82, 2.24) is 0 Å². The van der Waals surface area contributed by atoms with Crippen molar-refractivity contribution in [1.29, 1.82) is 0 Å². The Morgan fingerprint density at radius 1 is 1.75 bits per heavy atom. The summed E-state index contributed by atoms with van der Waals surface area (Å²) in [5.74, 6) is -0.178. The molecule has 0 aromatic rings. The Bertz CT molecular complexity index is 72.8. The minimum atomic E-state index is -0.178. The van der Waals surface area contributed by atoms with E-state index in [4.69, 9.17) is 0 Å². The van der Waals surface area contributed by atoms with Crippen molar-refractivity contribution >= 4 is 15.5 Å². The molecule has 3 heteroatoms. The minimum Gasteiger partial charge on any atom is -0.466 e.